The van der Waals surface area contributed by atoms with E-state index in [9.17, 15) is 9.65 Å². The van der Waals surface area contributed by atoms with Gasteiger partial charge in [0, 0.05) is 38.8 Å². The van der Waals surface area contributed by atoms with Crippen LogP contribution in [0.4, 0.5) is 16.0 Å². The average molecular weight is 458 g/mol. The second-order valence-electron chi connectivity index (χ2n) is 8.89. The molecule has 2 N–H and O–H groups in total. The largest absolute Gasteiger partial charge is 0.383 e. The van der Waals surface area contributed by atoms with Gasteiger partial charge in [0.25, 0.3) is 0 Å². The minimum absolute atomic E-state index is 0.239. The third-order valence-corrected chi connectivity index (χ3v) is 6.82. The molecule has 174 valence electrons. The van der Waals surface area contributed by atoms with Crippen LogP contribution >= 0.6 is 0 Å². The summed E-state index contributed by atoms with van der Waals surface area (Å²) in [6.45, 7) is 6.55. The number of nitrogen functional groups attached to an aromatic ring is 1. The number of hydrogen-bond donors (Lipinski definition) is 1. The predicted octanol–water partition coefficient (Wildman–Crippen LogP) is 3.31. The Hall–Kier alpha value is -3.54. The van der Waals surface area contributed by atoms with Crippen molar-refractivity contribution in [2.45, 2.75) is 12.5 Å². The van der Waals surface area contributed by atoms with Crippen LogP contribution in [-0.4, -0.2) is 65.6 Å². The second kappa shape index (κ2) is 9.75. The average Bonchev–Trinajstić information content (AvgIpc) is 2.84. The highest BCUT2D eigenvalue weighted by Gasteiger charge is 2.30. The molecule has 0 bridgehead atoms. The second-order valence-corrected chi connectivity index (χ2v) is 8.89. The highest BCUT2D eigenvalue weighted by molar-refractivity contribution is 5.84. The Kier molecular flexibility index (Phi) is 6.39. The van der Waals surface area contributed by atoms with Crippen molar-refractivity contribution in [2.75, 3.05) is 56.4 Å². The molecule has 34 heavy (non-hydrogen) atoms. The number of nitrogens with zero attached hydrogens (tertiary/aromatic N) is 6. The number of likely N-dealkylation sites (tertiary alicyclic amines) is 1. The lowest BCUT2D eigenvalue weighted by molar-refractivity contribution is 0.0966. The van der Waals surface area contributed by atoms with E-state index in [1.54, 1.807) is 12.1 Å². The molecular weight excluding hydrogens is 429 g/mol. The third-order valence-electron chi connectivity index (χ3n) is 6.82. The summed E-state index contributed by atoms with van der Waals surface area (Å²) in [6.07, 6.45) is 2.74. The number of benzene rings is 2. The van der Waals surface area contributed by atoms with Gasteiger partial charge in [-0.05, 0) is 54.9 Å². The van der Waals surface area contributed by atoms with Crippen molar-refractivity contribution in [3.05, 3.63) is 71.8 Å². The van der Waals surface area contributed by atoms with Gasteiger partial charge in [0.05, 0.1) is 17.2 Å². The van der Waals surface area contributed by atoms with E-state index in [1.165, 1.54) is 30.4 Å². The number of hydrogen-bond acceptors (Lipinski definition) is 7. The number of nitriles is 1. The Morgan fingerprint density at radius 1 is 1.00 bits per heavy atom. The molecule has 3 aromatic rings. The smallest absolute Gasteiger partial charge is 0.142 e. The minimum Gasteiger partial charge on any atom is -0.383 e. The van der Waals surface area contributed by atoms with Gasteiger partial charge in [-0.25, -0.2) is 14.4 Å². The van der Waals surface area contributed by atoms with E-state index in [0.717, 1.165) is 62.8 Å². The first-order valence-corrected chi connectivity index (χ1v) is 11.7. The summed E-state index contributed by atoms with van der Waals surface area (Å²) in [5, 5.41) is 9.39. The standard InChI is InChI=1S/C26H28FN7/c27-22-7-5-20(6-8-22)24-25(29)30-18-31-26(24)34-13-11-33(12-14-34)23(17-32-9-2-10-32)21-4-1-3-19(15-21)16-28/h1,3-8,15,18,23H,2,9-14,17H2,(H2,29,30,31)/t23-/m1/s1. The molecule has 3 heterocycles. The summed E-state index contributed by atoms with van der Waals surface area (Å²) in [6, 6.07) is 16.8. The summed E-state index contributed by atoms with van der Waals surface area (Å²) in [4.78, 5) is 16.0. The van der Waals surface area contributed by atoms with Gasteiger partial charge in [0.2, 0.25) is 0 Å². The van der Waals surface area contributed by atoms with Gasteiger partial charge < -0.3 is 15.5 Å². The van der Waals surface area contributed by atoms with Crippen LogP contribution in [0.15, 0.2) is 54.9 Å². The van der Waals surface area contributed by atoms with Crippen LogP contribution in [0.2, 0.25) is 0 Å². The number of anilines is 2. The van der Waals surface area contributed by atoms with Gasteiger partial charge in [0.1, 0.15) is 23.8 Å². The first-order chi connectivity index (χ1) is 16.6. The lowest BCUT2D eigenvalue weighted by atomic mass is 10.00. The molecule has 1 aromatic heterocycles. The number of rotatable bonds is 6. The third kappa shape index (κ3) is 4.58. The fraction of sp³-hybridized carbons (Fsp3) is 0.346. The monoisotopic (exact) mass is 457 g/mol. The van der Waals surface area contributed by atoms with Crippen LogP contribution in [0.5, 0.6) is 0 Å². The van der Waals surface area contributed by atoms with Gasteiger partial charge in [-0.2, -0.15) is 5.26 Å². The summed E-state index contributed by atoms with van der Waals surface area (Å²) in [5.41, 5.74) is 9.68. The quantitative estimate of drug-likeness (QED) is 0.608. The molecule has 5 rings (SSSR count). The first kappa shape index (κ1) is 22.3. The first-order valence-electron chi connectivity index (χ1n) is 11.7. The van der Waals surface area contributed by atoms with E-state index in [1.807, 2.05) is 18.2 Å². The van der Waals surface area contributed by atoms with Crippen molar-refractivity contribution in [1.82, 2.24) is 19.8 Å². The van der Waals surface area contributed by atoms with E-state index < -0.39 is 0 Å². The molecule has 0 radical (unpaired) electrons. The minimum atomic E-state index is -0.289. The summed E-state index contributed by atoms with van der Waals surface area (Å²) < 4.78 is 13.5. The number of piperazine rings is 1. The Morgan fingerprint density at radius 3 is 2.44 bits per heavy atom. The molecule has 7 nitrogen and oxygen atoms in total. The van der Waals surface area contributed by atoms with Gasteiger partial charge in [-0.15, -0.1) is 0 Å². The molecule has 0 saturated carbocycles. The molecule has 2 fully saturated rings. The zero-order chi connectivity index (χ0) is 23.5. The van der Waals surface area contributed by atoms with E-state index in [-0.39, 0.29) is 11.9 Å². The molecule has 0 spiro atoms. The molecule has 0 amide bonds. The van der Waals surface area contributed by atoms with Crippen molar-refractivity contribution < 1.29 is 4.39 Å². The van der Waals surface area contributed by atoms with Crippen LogP contribution in [-0.2, 0) is 0 Å². The SMILES string of the molecule is N#Cc1cccc([C@@H](CN2CCC2)N2CCN(c3ncnc(N)c3-c3ccc(F)cc3)CC2)c1. The van der Waals surface area contributed by atoms with Crippen LogP contribution in [0.25, 0.3) is 11.1 Å². The Balaban J connectivity index is 1.37. The zero-order valence-corrected chi connectivity index (χ0v) is 19.1. The lowest BCUT2D eigenvalue weighted by Gasteiger charge is -2.43. The van der Waals surface area contributed by atoms with Crippen LogP contribution in [0, 0.1) is 17.1 Å². The molecule has 0 aliphatic carbocycles. The van der Waals surface area contributed by atoms with E-state index in [2.05, 4.69) is 36.8 Å². The molecule has 1 atom stereocenters. The van der Waals surface area contributed by atoms with E-state index >= 15 is 0 Å². The highest BCUT2D eigenvalue weighted by Crippen LogP contribution is 2.34. The Bertz CT molecular complexity index is 1180. The topological polar surface area (TPSA) is 85.3 Å². The zero-order valence-electron chi connectivity index (χ0n) is 19.1. The Labute approximate surface area is 199 Å². The van der Waals surface area contributed by atoms with Crippen molar-refractivity contribution in [3.63, 3.8) is 0 Å². The maximum atomic E-state index is 13.5. The number of nitrogens with two attached hydrogens (primary N) is 1. The molecule has 2 aliphatic heterocycles. The van der Waals surface area contributed by atoms with Gasteiger partial charge in [0.15, 0.2) is 0 Å². The van der Waals surface area contributed by atoms with Crippen molar-refractivity contribution in [3.8, 4) is 17.2 Å². The van der Waals surface area contributed by atoms with Crippen LogP contribution in [0.3, 0.4) is 0 Å². The van der Waals surface area contributed by atoms with Gasteiger partial charge in [-0.1, -0.05) is 24.3 Å². The number of halogens is 1. The maximum Gasteiger partial charge on any atom is 0.142 e. The van der Waals surface area contributed by atoms with Gasteiger partial charge in [-0.3, -0.25) is 4.90 Å². The van der Waals surface area contributed by atoms with Gasteiger partial charge >= 0.3 is 0 Å². The summed E-state index contributed by atoms with van der Waals surface area (Å²) in [7, 11) is 0. The number of aromatic nitrogens is 2. The molecule has 8 heteroatoms. The normalized spacial score (nSPS) is 17.7. The molecule has 0 unspecified atom stereocenters. The van der Waals surface area contributed by atoms with Crippen molar-refractivity contribution >= 4 is 11.6 Å². The van der Waals surface area contributed by atoms with Crippen molar-refractivity contribution in [1.29, 1.82) is 5.26 Å². The van der Waals surface area contributed by atoms with Crippen LogP contribution < -0.4 is 10.6 Å². The summed E-state index contributed by atoms with van der Waals surface area (Å²) in [5.74, 6) is 0.885. The van der Waals surface area contributed by atoms with E-state index in [4.69, 9.17) is 5.73 Å². The van der Waals surface area contributed by atoms with Crippen LogP contribution in [0.1, 0.15) is 23.6 Å². The molecular formula is C26H28FN7. The van der Waals surface area contributed by atoms with E-state index in [0.29, 0.717) is 11.4 Å². The molecule has 2 aromatic carbocycles. The lowest BCUT2D eigenvalue weighted by Crippen LogP contribution is -2.51. The summed E-state index contributed by atoms with van der Waals surface area (Å²) >= 11 is 0. The highest BCUT2D eigenvalue weighted by atomic mass is 19.1. The predicted molar refractivity (Wildman–Crippen MR) is 131 cm³/mol. The fourth-order valence-electron chi connectivity index (χ4n) is 4.82. The molecule has 2 saturated heterocycles. The Morgan fingerprint density at radius 2 is 1.76 bits per heavy atom. The van der Waals surface area contributed by atoms with Crippen molar-refractivity contribution in [2.24, 2.45) is 0 Å². The maximum absolute atomic E-state index is 13.5. The molecule has 2 aliphatic rings. The fourth-order valence-corrected chi connectivity index (χ4v) is 4.82.